The molecule has 5 heteroatoms. The lowest BCUT2D eigenvalue weighted by atomic mass is 10.0. The summed E-state index contributed by atoms with van der Waals surface area (Å²) >= 11 is 0. The number of amides is 1. The number of nitrogens with one attached hydrogen (secondary N) is 1. The van der Waals surface area contributed by atoms with Gasteiger partial charge in [0.25, 0.3) is 0 Å². The highest BCUT2D eigenvalue weighted by atomic mass is 16.5. The van der Waals surface area contributed by atoms with Crippen molar-refractivity contribution in [2.24, 2.45) is 0 Å². The molecule has 0 saturated carbocycles. The Bertz CT molecular complexity index is 1050. The summed E-state index contributed by atoms with van der Waals surface area (Å²) in [7, 11) is 0. The summed E-state index contributed by atoms with van der Waals surface area (Å²) in [5, 5.41) is 1.21. The lowest BCUT2D eigenvalue weighted by molar-refractivity contribution is -0.131. The first-order chi connectivity index (χ1) is 14.1. The third-order valence-electron chi connectivity index (χ3n) is 5.78. The molecule has 1 aliphatic carbocycles. The van der Waals surface area contributed by atoms with Crippen LogP contribution in [0.2, 0.25) is 0 Å². The summed E-state index contributed by atoms with van der Waals surface area (Å²) < 4.78 is 5.11. The van der Waals surface area contributed by atoms with Crippen LogP contribution >= 0.6 is 0 Å². The minimum absolute atomic E-state index is 0.0592. The van der Waals surface area contributed by atoms with Gasteiger partial charge in [0.05, 0.1) is 18.2 Å². The van der Waals surface area contributed by atoms with Crippen molar-refractivity contribution < 1.29 is 14.3 Å². The third kappa shape index (κ3) is 3.77. The molecule has 0 saturated heterocycles. The van der Waals surface area contributed by atoms with E-state index in [1.807, 2.05) is 41.4 Å². The number of nitrogens with zero attached hydrogens (tertiary/aromatic N) is 1. The number of hydrogen-bond acceptors (Lipinski definition) is 3. The number of carbonyl (C=O) groups excluding carboxylic acids is 2. The summed E-state index contributed by atoms with van der Waals surface area (Å²) in [6, 6.07) is 14.0. The van der Waals surface area contributed by atoms with Gasteiger partial charge >= 0.3 is 5.97 Å². The van der Waals surface area contributed by atoms with Crippen molar-refractivity contribution in [1.29, 1.82) is 0 Å². The van der Waals surface area contributed by atoms with E-state index in [0.29, 0.717) is 18.7 Å². The van der Waals surface area contributed by atoms with Crippen LogP contribution in [0.1, 0.15) is 53.4 Å². The van der Waals surface area contributed by atoms with E-state index in [9.17, 15) is 9.59 Å². The Hall–Kier alpha value is -3.08. The topological polar surface area (TPSA) is 62.4 Å². The van der Waals surface area contributed by atoms with Gasteiger partial charge < -0.3 is 14.6 Å². The molecular formula is C24H26N2O3. The second-order valence-electron chi connectivity index (χ2n) is 7.51. The van der Waals surface area contributed by atoms with Crippen molar-refractivity contribution in [3.8, 4) is 0 Å². The molecule has 1 amide bonds. The van der Waals surface area contributed by atoms with Crippen molar-refractivity contribution >= 4 is 22.8 Å². The molecule has 1 aromatic heterocycles. The number of ether oxygens (including phenoxy) is 1. The van der Waals surface area contributed by atoms with Crippen LogP contribution in [0.5, 0.6) is 0 Å². The monoisotopic (exact) mass is 390 g/mol. The molecule has 5 nitrogen and oxygen atoms in total. The van der Waals surface area contributed by atoms with Gasteiger partial charge in [-0.3, -0.25) is 4.79 Å². The summed E-state index contributed by atoms with van der Waals surface area (Å²) in [6.07, 6.45) is 4.59. The largest absolute Gasteiger partial charge is 0.462 e. The standard InChI is InChI=1S/C24H26N2O3/c1-3-29-24(28)18-8-10-21-17(14-18)9-11-23(21)26(16(2)27)13-12-19-15-25-22-7-5-4-6-20(19)22/h4-8,10,14-15,23,25H,3,9,11-13H2,1-2H3. The van der Waals surface area contributed by atoms with E-state index in [2.05, 4.69) is 17.1 Å². The van der Waals surface area contributed by atoms with Crippen LogP contribution in [0.15, 0.2) is 48.7 Å². The van der Waals surface area contributed by atoms with Crippen LogP contribution in [0.3, 0.4) is 0 Å². The Kier molecular flexibility index (Phi) is 5.38. The third-order valence-corrected chi connectivity index (χ3v) is 5.78. The van der Waals surface area contributed by atoms with Crippen LogP contribution in [0, 0.1) is 0 Å². The number of carbonyl (C=O) groups is 2. The maximum Gasteiger partial charge on any atom is 0.338 e. The van der Waals surface area contributed by atoms with Gasteiger partial charge in [0.15, 0.2) is 0 Å². The van der Waals surface area contributed by atoms with Crippen molar-refractivity contribution in [3.63, 3.8) is 0 Å². The Morgan fingerprint density at radius 1 is 1.21 bits per heavy atom. The predicted octanol–water partition coefficient (Wildman–Crippen LogP) is 4.42. The lowest BCUT2D eigenvalue weighted by Gasteiger charge is -2.29. The molecule has 1 aliphatic rings. The minimum atomic E-state index is -0.290. The minimum Gasteiger partial charge on any atom is -0.462 e. The van der Waals surface area contributed by atoms with Crippen LogP contribution in [-0.2, 0) is 22.4 Å². The van der Waals surface area contributed by atoms with Crippen molar-refractivity contribution in [3.05, 3.63) is 70.9 Å². The average Bonchev–Trinajstić information content (AvgIpc) is 3.32. The smallest absolute Gasteiger partial charge is 0.338 e. The van der Waals surface area contributed by atoms with E-state index in [-0.39, 0.29) is 17.9 Å². The SMILES string of the molecule is CCOC(=O)c1ccc2c(c1)CCC2N(CCc1c[nH]c2ccccc12)C(C)=O. The van der Waals surface area contributed by atoms with Crippen LogP contribution in [0.4, 0.5) is 0 Å². The quantitative estimate of drug-likeness (QED) is 0.634. The molecule has 3 aromatic rings. The number of aromatic amines is 1. The second kappa shape index (κ2) is 8.11. The molecule has 1 N–H and O–H groups in total. The van der Waals surface area contributed by atoms with E-state index in [4.69, 9.17) is 4.74 Å². The molecule has 0 fully saturated rings. The molecule has 1 atom stereocenters. The molecule has 29 heavy (non-hydrogen) atoms. The van der Waals surface area contributed by atoms with Gasteiger partial charge in [-0.05, 0) is 61.1 Å². The van der Waals surface area contributed by atoms with Gasteiger partial charge in [-0.25, -0.2) is 4.79 Å². The number of fused-ring (bicyclic) bond motifs is 2. The molecule has 0 bridgehead atoms. The zero-order valence-corrected chi connectivity index (χ0v) is 16.9. The highest BCUT2D eigenvalue weighted by Crippen LogP contribution is 2.36. The zero-order valence-electron chi connectivity index (χ0n) is 16.9. The number of hydrogen-bond donors (Lipinski definition) is 1. The van der Waals surface area contributed by atoms with Gasteiger partial charge in [-0.2, -0.15) is 0 Å². The average molecular weight is 390 g/mol. The number of aryl methyl sites for hydroxylation is 1. The zero-order chi connectivity index (χ0) is 20.4. The van der Waals surface area contributed by atoms with E-state index in [0.717, 1.165) is 35.9 Å². The molecule has 0 aliphatic heterocycles. The highest BCUT2D eigenvalue weighted by molar-refractivity contribution is 5.90. The fourth-order valence-corrected chi connectivity index (χ4v) is 4.37. The second-order valence-corrected chi connectivity index (χ2v) is 7.51. The van der Waals surface area contributed by atoms with Gasteiger partial charge in [0.1, 0.15) is 0 Å². The first-order valence-electron chi connectivity index (χ1n) is 10.2. The number of benzene rings is 2. The number of para-hydroxylation sites is 1. The van der Waals surface area contributed by atoms with Gasteiger partial charge in [-0.1, -0.05) is 24.3 Å². The molecule has 1 unspecified atom stereocenters. The van der Waals surface area contributed by atoms with Crippen LogP contribution in [-0.4, -0.2) is 34.9 Å². The maximum atomic E-state index is 12.5. The Morgan fingerprint density at radius 3 is 2.83 bits per heavy atom. The number of esters is 1. The molecule has 0 spiro atoms. The van der Waals surface area contributed by atoms with Gasteiger partial charge in [-0.15, -0.1) is 0 Å². The summed E-state index contributed by atoms with van der Waals surface area (Å²) in [6.45, 7) is 4.48. The van der Waals surface area contributed by atoms with Gasteiger partial charge in [0, 0.05) is 30.6 Å². The predicted molar refractivity (Wildman–Crippen MR) is 113 cm³/mol. The Morgan fingerprint density at radius 2 is 2.03 bits per heavy atom. The normalized spacial score (nSPS) is 15.3. The highest BCUT2D eigenvalue weighted by Gasteiger charge is 2.30. The van der Waals surface area contributed by atoms with Crippen LogP contribution < -0.4 is 0 Å². The van der Waals surface area contributed by atoms with E-state index in [1.54, 1.807) is 13.8 Å². The summed E-state index contributed by atoms with van der Waals surface area (Å²) in [5.74, 6) is -0.210. The first kappa shape index (κ1) is 19.2. The fourth-order valence-electron chi connectivity index (χ4n) is 4.37. The van der Waals surface area contributed by atoms with E-state index >= 15 is 0 Å². The summed E-state index contributed by atoms with van der Waals surface area (Å²) in [4.78, 5) is 29.8. The lowest BCUT2D eigenvalue weighted by Crippen LogP contribution is -2.34. The van der Waals surface area contributed by atoms with E-state index < -0.39 is 0 Å². The van der Waals surface area contributed by atoms with Gasteiger partial charge in [0.2, 0.25) is 5.91 Å². The van der Waals surface area contributed by atoms with Crippen molar-refractivity contribution in [2.45, 2.75) is 39.2 Å². The molecule has 0 radical (unpaired) electrons. The first-order valence-corrected chi connectivity index (χ1v) is 10.2. The summed E-state index contributed by atoms with van der Waals surface area (Å²) in [5.41, 5.74) is 5.21. The number of H-pyrrole nitrogens is 1. The molecule has 4 rings (SSSR count). The molecular weight excluding hydrogens is 364 g/mol. The molecule has 1 heterocycles. The van der Waals surface area contributed by atoms with Crippen molar-refractivity contribution in [2.75, 3.05) is 13.2 Å². The Labute approximate surface area is 170 Å². The molecule has 2 aromatic carbocycles. The van der Waals surface area contributed by atoms with Crippen molar-refractivity contribution in [1.82, 2.24) is 9.88 Å². The van der Waals surface area contributed by atoms with Crippen LogP contribution in [0.25, 0.3) is 10.9 Å². The Balaban J connectivity index is 1.53. The molecule has 150 valence electrons. The fraction of sp³-hybridized carbons (Fsp3) is 0.333. The number of rotatable bonds is 6. The maximum absolute atomic E-state index is 12.5. The van der Waals surface area contributed by atoms with E-state index in [1.165, 1.54) is 10.9 Å². The number of aromatic nitrogens is 1.